The molecule has 4 atom stereocenters. The number of hydrogen-bond acceptors (Lipinski definition) is 7. The van der Waals surface area contributed by atoms with Gasteiger partial charge in [-0.3, -0.25) is 14.5 Å². The number of hydrogen-bond donors (Lipinski definition) is 0. The van der Waals surface area contributed by atoms with Gasteiger partial charge < -0.3 is 18.9 Å². The third kappa shape index (κ3) is 2.16. The van der Waals surface area contributed by atoms with Crippen molar-refractivity contribution in [2.75, 3.05) is 20.7 Å². The molecule has 7 nitrogen and oxygen atoms in total. The maximum atomic E-state index is 12.3. The van der Waals surface area contributed by atoms with Gasteiger partial charge in [0.1, 0.15) is 11.4 Å². The van der Waals surface area contributed by atoms with Gasteiger partial charge in [-0.2, -0.15) is 0 Å². The summed E-state index contributed by atoms with van der Waals surface area (Å²) in [5.74, 6) is 1.11. The first-order chi connectivity index (χ1) is 13.8. The molecule has 2 heterocycles. The molecule has 0 N–H and O–H groups in total. The van der Waals surface area contributed by atoms with Crippen molar-refractivity contribution in [2.24, 2.45) is 0 Å². The summed E-state index contributed by atoms with van der Waals surface area (Å²) in [5.41, 5.74) is 0.814. The van der Waals surface area contributed by atoms with Gasteiger partial charge in [-0.25, -0.2) is 0 Å². The smallest absolute Gasteiger partial charge is 0.307 e. The highest BCUT2D eigenvalue weighted by molar-refractivity contribution is 5.71. The molecule has 0 saturated carbocycles. The van der Waals surface area contributed by atoms with Crippen molar-refractivity contribution in [3.63, 3.8) is 0 Å². The van der Waals surface area contributed by atoms with Crippen molar-refractivity contribution in [3.05, 3.63) is 35.1 Å². The van der Waals surface area contributed by atoms with Crippen molar-refractivity contribution in [1.29, 1.82) is 0 Å². The fourth-order valence-electron chi connectivity index (χ4n) is 6.18. The Morgan fingerprint density at radius 3 is 2.72 bits per heavy atom. The van der Waals surface area contributed by atoms with E-state index in [0.717, 1.165) is 24.9 Å². The summed E-state index contributed by atoms with van der Waals surface area (Å²) in [6.07, 6.45) is 3.28. The summed E-state index contributed by atoms with van der Waals surface area (Å²) in [5, 5.41) is 0. The van der Waals surface area contributed by atoms with Crippen LogP contribution in [-0.4, -0.2) is 55.3 Å². The van der Waals surface area contributed by atoms with Gasteiger partial charge in [0.05, 0.1) is 18.6 Å². The van der Waals surface area contributed by atoms with E-state index in [1.807, 2.05) is 12.1 Å². The molecule has 2 aliphatic carbocycles. The Morgan fingerprint density at radius 2 is 2.03 bits per heavy atom. The van der Waals surface area contributed by atoms with Crippen LogP contribution in [0.3, 0.4) is 0 Å². The number of rotatable bonds is 3. The highest BCUT2D eigenvalue weighted by Crippen LogP contribution is 2.66. The number of likely N-dealkylation sites (N-methyl/N-ethyl adjacent to an activating group) is 1. The third-order valence-electron chi connectivity index (χ3n) is 7.11. The average molecular weight is 399 g/mol. The lowest BCUT2D eigenvalue weighted by atomic mass is 9.50. The minimum absolute atomic E-state index is 0.00761. The Morgan fingerprint density at radius 1 is 1.24 bits per heavy atom. The molecule has 5 rings (SSSR count). The number of carbonyl (C=O) groups excluding carboxylic acids is 2. The molecule has 1 aromatic carbocycles. The fourth-order valence-corrected chi connectivity index (χ4v) is 6.18. The number of esters is 2. The molecule has 1 unspecified atom stereocenters. The molecule has 4 aliphatic rings. The Bertz CT molecular complexity index is 955. The number of ether oxygens (including phenoxy) is 4. The van der Waals surface area contributed by atoms with Gasteiger partial charge in [0, 0.05) is 25.8 Å². The SMILES string of the molecule is COc1ccc2c3c1OC1C(OC(C)=O)=CC[C@@]4(OC(C)=O)[C@@H](C2)N(C)CC[C@]314. The van der Waals surface area contributed by atoms with E-state index >= 15 is 0 Å². The van der Waals surface area contributed by atoms with Crippen LogP contribution in [-0.2, 0) is 30.9 Å². The van der Waals surface area contributed by atoms with Gasteiger partial charge >= 0.3 is 11.9 Å². The predicted molar refractivity (Wildman–Crippen MR) is 103 cm³/mol. The number of likely N-dealkylation sites (tertiary alicyclic amines) is 1. The van der Waals surface area contributed by atoms with Crippen LogP contribution in [0.2, 0.25) is 0 Å². The molecule has 0 aromatic heterocycles. The zero-order chi connectivity index (χ0) is 20.6. The van der Waals surface area contributed by atoms with Gasteiger partial charge in [-0.05, 0) is 44.1 Å². The van der Waals surface area contributed by atoms with E-state index in [1.165, 1.54) is 19.4 Å². The van der Waals surface area contributed by atoms with Crippen LogP contribution in [0.15, 0.2) is 24.0 Å². The molecule has 1 saturated heterocycles. The number of methoxy groups -OCH3 is 1. The summed E-state index contributed by atoms with van der Waals surface area (Å²) in [6.45, 7) is 3.68. The number of nitrogens with zero attached hydrogens (tertiary/aromatic N) is 1. The topological polar surface area (TPSA) is 74.3 Å². The first-order valence-electron chi connectivity index (χ1n) is 9.99. The Labute approximate surface area is 169 Å². The fraction of sp³-hybridized carbons (Fsp3) is 0.545. The molecule has 1 aromatic rings. The second-order valence-corrected chi connectivity index (χ2v) is 8.44. The standard InChI is InChI=1S/C22H25NO6/c1-12(24)27-16-7-8-22(29-13(2)25)17-11-14-5-6-15(26-4)19-18(14)21(22,20(16)28-19)9-10-23(17)3/h5-7,17,20H,8-11H2,1-4H3/t17-,20?,21+,22-/m1/s1. The zero-order valence-electron chi connectivity index (χ0n) is 17.1. The van der Waals surface area contributed by atoms with Crippen molar-refractivity contribution in [1.82, 2.24) is 4.90 Å². The highest BCUT2D eigenvalue weighted by Gasteiger charge is 2.74. The second kappa shape index (κ2) is 5.98. The van der Waals surface area contributed by atoms with Gasteiger partial charge in [0.25, 0.3) is 0 Å². The van der Waals surface area contributed by atoms with E-state index in [9.17, 15) is 9.59 Å². The average Bonchev–Trinajstić information content (AvgIpc) is 3.01. The molecule has 2 aliphatic heterocycles. The largest absolute Gasteiger partial charge is 0.493 e. The van der Waals surface area contributed by atoms with E-state index < -0.39 is 17.1 Å². The van der Waals surface area contributed by atoms with Gasteiger partial charge in [0.2, 0.25) is 0 Å². The Balaban J connectivity index is 1.82. The maximum Gasteiger partial charge on any atom is 0.307 e. The predicted octanol–water partition coefficient (Wildman–Crippen LogP) is 2.11. The molecule has 1 spiro atoms. The summed E-state index contributed by atoms with van der Waals surface area (Å²) < 4.78 is 23.9. The lowest BCUT2D eigenvalue weighted by Gasteiger charge is -2.62. The number of benzene rings is 1. The minimum Gasteiger partial charge on any atom is -0.493 e. The van der Waals surface area contributed by atoms with Crippen LogP contribution in [0, 0.1) is 0 Å². The van der Waals surface area contributed by atoms with E-state index in [4.69, 9.17) is 18.9 Å². The Hall–Kier alpha value is -2.54. The Kier molecular flexibility index (Phi) is 3.81. The molecule has 2 bridgehead atoms. The molecular weight excluding hydrogens is 374 g/mol. The van der Waals surface area contributed by atoms with Crippen molar-refractivity contribution in [2.45, 2.75) is 56.3 Å². The van der Waals surface area contributed by atoms with Crippen molar-refractivity contribution >= 4 is 11.9 Å². The summed E-state index contributed by atoms with van der Waals surface area (Å²) in [6, 6.07) is 4.01. The summed E-state index contributed by atoms with van der Waals surface area (Å²) in [4.78, 5) is 26.4. The van der Waals surface area contributed by atoms with Gasteiger partial charge in [0.15, 0.2) is 17.6 Å². The molecule has 7 heteroatoms. The minimum atomic E-state index is -0.787. The molecule has 0 amide bonds. The van der Waals surface area contributed by atoms with Crippen molar-refractivity contribution in [3.8, 4) is 11.5 Å². The quantitative estimate of drug-likeness (QED) is 0.721. The zero-order valence-corrected chi connectivity index (χ0v) is 17.1. The molecule has 1 fully saturated rings. The van der Waals surface area contributed by atoms with Gasteiger partial charge in [-0.15, -0.1) is 0 Å². The molecule has 29 heavy (non-hydrogen) atoms. The number of carbonyl (C=O) groups is 2. The van der Waals surface area contributed by atoms with Crippen LogP contribution in [0.4, 0.5) is 0 Å². The lowest BCUT2D eigenvalue weighted by Crippen LogP contribution is -2.75. The van der Waals surface area contributed by atoms with Crippen molar-refractivity contribution < 1.29 is 28.5 Å². The van der Waals surface area contributed by atoms with Crippen LogP contribution < -0.4 is 9.47 Å². The summed E-state index contributed by atoms with van der Waals surface area (Å²) in [7, 11) is 3.69. The van der Waals surface area contributed by atoms with E-state index in [2.05, 4.69) is 18.0 Å². The molecule has 0 radical (unpaired) electrons. The molecule has 154 valence electrons. The van der Waals surface area contributed by atoms with E-state index in [-0.39, 0.29) is 18.0 Å². The van der Waals surface area contributed by atoms with E-state index in [0.29, 0.717) is 23.7 Å². The maximum absolute atomic E-state index is 12.3. The van der Waals surface area contributed by atoms with Crippen LogP contribution in [0.5, 0.6) is 11.5 Å². The van der Waals surface area contributed by atoms with Crippen LogP contribution in [0.1, 0.15) is 37.8 Å². The van der Waals surface area contributed by atoms with E-state index in [1.54, 1.807) is 7.11 Å². The van der Waals surface area contributed by atoms with Crippen LogP contribution >= 0.6 is 0 Å². The number of piperidine rings is 1. The first kappa shape index (κ1) is 18.5. The van der Waals surface area contributed by atoms with Crippen LogP contribution in [0.25, 0.3) is 0 Å². The third-order valence-corrected chi connectivity index (χ3v) is 7.11. The first-order valence-corrected chi connectivity index (χ1v) is 9.99. The van der Waals surface area contributed by atoms with Gasteiger partial charge in [-0.1, -0.05) is 6.07 Å². The lowest BCUT2D eigenvalue weighted by molar-refractivity contribution is -0.204. The summed E-state index contributed by atoms with van der Waals surface area (Å²) >= 11 is 0. The monoisotopic (exact) mass is 399 g/mol. The molecular formula is C22H25NO6. The second-order valence-electron chi connectivity index (χ2n) is 8.44. The highest BCUT2D eigenvalue weighted by atomic mass is 16.6. The normalized spacial score (nSPS) is 33.9.